The van der Waals surface area contributed by atoms with Gasteiger partial charge in [0, 0.05) is 0 Å². The molecule has 0 amide bonds. The van der Waals surface area contributed by atoms with E-state index in [1.54, 1.807) is 12.1 Å². The van der Waals surface area contributed by atoms with E-state index in [0.717, 1.165) is 5.56 Å². The number of rotatable bonds is 1. The van der Waals surface area contributed by atoms with Crippen LogP contribution in [0, 0.1) is 6.92 Å². The molecular weight excluding hydrogens is 196 g/mol. The van der Waals surface area contributed by atoms with Gasteiger partial charge >= 0.3 is 11.6 Å². The molecule has 0 unspecified atom stereocenters. The molecule has 0 saturated carbocycles. The number of aryl methyl sites for hydroxylation is 1. The summed E-state index contributed by atoms with van der Waals surface area (Å²) in [7, 11) is 0. The molecule has 4 heteroatoms. The summed E-state index contributed by atoms with van der Waals surface area (Å²) in [5.41, 5.74) is 0.312. The third-order valence-electron chi connectivity index (χ3n) is 2.13. The number of carboxylic acid groups (broad SMARTS) is 1. The van der Waals surface area contributed by atoms with Crippen molar-refractivity contribution in [3.05, 3.63) is 46.0 Å². The molecule has 76 valence electrons. The lowest BCUT2D eigenvalue weighted by Gasteiger charge is -1.99. The highest BCUT2D eigenvalue weighted by Crippen LogP contribution is 2.13. The van der Waals surface area contributed by atoms with E-state index >= 15 is 0 Å². The fourth-order valence-electron chi connectivity index (χ4n) is 1.40. The smallest absolute Gasteiger partial charge is 0.371 e. The molecule has 4 nitrogen and oxygen atoms in total. The number of hydrogen-bond donors (Lipinski definition) is 1. The standard InChI is InChI=1S/C11H8O4/c1-6-2-3-7-5-9(10(12)13)15-11(14)8(7)4-6/h2-5H,1H3,(H,12,13). The van der Waals surface area contributed by atoms with Crippen LogP contribution in [-0.4, -0.2) is 11.1 Å². The zero-order chi connectivity index (χ0) is 11.0. The minimum atomic E-state index is -1.24. The van der Waals surface area contributed by atoms with Crippen LogP contribution in [0.2, 0.25) is 0 Å². The van der Waals surface area contributed by atoms with Crippen molar-refractivity contribution in [1.29, 1.82) is 0 Å². The molecule has 0 fully saturated rings. The van der Waals surface area contributed by atoms with Crippen LogP contribution in [0.5, 0.6) is 0 Å². The number of hydrogen-bond acceptors (Lipinski definition) is 3. The molecule has 0 atom stereocenters. The highest BCUT2D eigenvalue weighted by Gasteiger charge is 2.09. The first-order valence-electron chi connectivity index (χ1n) is 4.36. The molecule has 0 saturated heterocycles. The Balaban J connectivity index is 2.84. The van der Waals surface area contributed by atoms with Gasteiger partial charge in [0.1, 0.15) is 0 Å². The molecule has 1 N–H and O–H groups in total. The molecule has 0 radical (unpaired) electrons. The van der Waals surface area contributed by atoms with Crippen molar-refractivity contribution in [1.82, 2.24) is 0 Å². The van der Waals surface area contributed by atoms with Crippen LogP contribution in [-0.2, 0) is 0 Å². The molecule has 0 aliphatic carbocycles. The predicted molar refractivity (Wildman–Crippen MR) is 54.2 cm³/mol. The maximum Gasteiger partial charge on any atom is 0.371 e. The van der Waals surface area contributed by atoms with E-state index < -0.39 is 11.6 Å². The molecule has 1 aromatic heterocycles. The minimum Gasteiger partial charge on any atom is -0.475 e. The molecule has 0 aliphatic heterocycles. The Bertz CT molecular complexity index is 595. The van der Waals surface area contributed by atoms with Gasteiger partial charge in [-0.1, -0.05) is 17.7 Å². The Morgan fingerprint density at radius 3 is 2.73 bits per heavy atom. The molecule has 1 heterocycles. The summed E-state index contributed by atoms with van der Waals surface area (Å²) >= 11 is 0. The number of fused-ring (bicyclic) bond motifs is 1. The second-order valence-corrected chi connectivity index (χ2v) is 3.29. The molecule has 0 aliphatic rings. The van der Waals surface area contributed by atoms with Gasteiger partial charge in [-0.3, -0.25) is 0 Å². The summed E-state index contributed by atoms with van der Waals surface area (Å²) in [6.07, 6.45) is 0. The van der Waals surface area contributed by atoms with E-state index in [0.29, 0.717) is 10.8 Å². The number of carbonyl (C=O) groups is 1. The molecule has 15 heavy (non-hydrogen) atoms. The van der Waals surface area contributed by atoms with Gasteiger partial charge in [-0.05, 0) is 24.4 Å². The second-order valence-electron chi connectivity index (χ2n) is 3.29. The lowest BCUT2D eigenvalue weighted by molar-refractivity contribution is 0.0658. The predicted octanol–water partition coefficient (Wildman–Crippen LogP) is 1.80. The minimum absolute atomic E-state index is 0.337. The second kappa shape index (κ2) is 3.24. The van der Waals surface area contributed by atoms with E-state index in [9.17, 15) is 9.59 Å². The number of aromatic carboxylic acids is 1. The van der Waals surface area contributed by atoms with Gasteiger partial charge in [-0.25, -0.2) is 9.59 Å². The van der Waals surface area contributed by atoms with Crippen LogP contribution in [0.4, 0.5) is 0 Å². The van der Waals surface area contributed by atoms with Gasteiger partial charge in [0.05, 0.1) is 5.39 Å². The summed E-state index contributed by atoms with van der Waals surface area (Å²) in [5, 5.41) is 9.67. The fourth-order valence-corrected chi connectivity index (χ4v) is 1.40. The summed E-state index contributed by atoms with van der Waals surface area (Å²) < 4.78 is 4.65. The van der Waals surface area contributed by atoms with Crippen LogP contribution >= 0.6 is 0 Å². The van der Waals surface area contributed by atoms with Gasteiger partial charge < -0.3 is 9.52 Å². The Labute approximate surface area is 84.8 Å². The molecule has 2 aromatic rings. The first-order chi connectivity index (χ1) is 7.08. The maximum absolute atomic E-state index is 11.4. The Hall–Kier alpha value is -2.10. The van der Waals surface area contributed by atoms with E-state index in [4.69, 9.17) is 5.11 Å². The van der Waals surface area contributed by atoms with E-state index in [1.807, 2.05) is 13.0 Å². The van der Waals surface area contributed by atoms with E-state index in [2.05, 4.69) is 4.42 Å². The topological polar surface area (TPSA) is 67.5 Å². The summed E-state index contributed by atoms with van der Waals surface area (Å²) in [6, 6.07) is 6.53. The van der Waals surface area contributed by atoms with E-state index in [1.165, 1.54) is 6.07 Å². The highest BCUT2D eigenvalue weighted by atomic mass is 16.4. The van der Waals surface area contributed by atoms with Crippen molar-refractivity contribution < 1.29 is 14.3 Å². The van der Waals surface area contributed by atoms with Crippen LogP contribution in [0.1, 0.15) is 16.1 Å². The van der Waals surface area contributed by atoms with Gasteiger partial charge in [-0.2, -0.15) is 0 Å². The average molecular weight is 204 g/mol. The lowest BCUT2D eigenvalue weighted by atomic mass is 10.1. The van der Waals surface area contributed by atoms with Gasteiger partial charge in [0.25, 0.3) is 0 Å². The summed E-state index contributed by atoms with van der Waals surface area (Å²) in [5.74, 6) is -1.58. The van der Waals surface area contributed by atoms with Crippen LogP contribution in [0.3, 0.4) is 0 Å². The van der Waals surface area contributed by atoms with Crippen LogP contribution < -0.4 is 5.63 Å². The summed E-state index contributed by atoms with van der Waals surface area (Å²) in [6.45, 7) is 1.85. The molecular formula is C11H8O4. The number of carboxylic acids is 1. The van der Waals surface area contributed by atoms with Crippen molar-refractivity contribution in [3.8, 4) is 0 Å². The quantitative estimate of drug-likeness (QED) is 0.769. The van der Waals surface area contributed by atoms with Gasteiger partial charge in [0.2, 0.25) is 5.76 Å². The highest BCUT2D eigenvalue weighted by molar-refractivity contribution is 5.90. The SMILES string of the molecule is Cc1ccc2cc(C(=O)O)oc(=O)c2c1. The molecule has 0 bridgehead atoms. The first kappa shape index (κ1) is 9.45. The van der Waals surface area contributed by atoms with E-state index in [-0.39, 0.29) is 5.76 Å². The fraction of sp³-hybridized carbons (Fsp3) is 0.0909. The Kier molecular flexibility index (Phi) is 2.04. The molecule has 2 rings (SSSR count). The van der Waals surface area contributed by atoms with Crippen molar-refractivity contribution in [3.63, 3.8) is 0 Å². The molecule has 1 aromatic carbocycles. The Morgan fingerprint density at radius 1 is 1.33 bits per heavy atom. The zero-order valence-corrected chi connectivity index (χ0v) is 7.98. The van der Waals surface area contributed by atoms with Crippen LogP contribution in [0.15, 0.2) is 33.5 Å². The third kappa shape index (κ3) is 1.61. The van der Waals surface area contributed by atoms with Gasteiger partial charge in [0.15, 0.2) is 0 Å². The van der Waals surface area contributed by atoms with Crippen LogP contribution in [0.25, 0.3) is 10.8 Å². The monoisotopic (exact) mass is 204 g/mol. The van der Waals surface area contributed by atoms with Gasteiger partial charge in [-0.15, -0.1) is 0 Å². The molecule has 0 spiro atoms. The largest absolute Gasteiger partial charge is 0.475 e. The zero-order valence-electron chi connectivity index (χ0n) is 7.98. The van der Waals surface area contributed by atoms with Crippen molar-refractivity contribution in [2.75, 3.05) is 0 Å². The first-order valence-corrected chi connectivity index (χ1v) is 4.36. The van der Waals surface area contributed by atoms with Crippen molar-refractivity contribution in [2.45, 2.75) is 6.92 Å². The summed E-state index contributed by atoms with van der Waals surface area (Å²) in [4.78, 5) is 22.1. The third-order valence-corrected chi connectivity index (χ3v) is 2.13. The number of benzene rings is 1. The average Bonchev–Trinajstić information content (AvgIpc) is 2.18. The van der Waals surface area contributed by atoms with Crippen molar-refractivity contribution in [2.24, 2.45) is 0 Å². The normalized spacial score (nSPS) is 10.5. The van der Waals surface area contributed by atoms with Crippen molar-refractivity contribution >= 4 is 16.7 Å². The maximum atomic E-state index is 11.4. The Morgan fingerprint density at radius 2 is 2.07 bits per heavy atom. The lowest BCUT2D eigenvalue weighted by Crippen LogP contribution is -2.06.